The van der Waals surface area contributed by atoms with Crippen LogP contribution in [-0.4, -0.2) is 6.36 Å². The molecule has 0 radical (unpaired) electrons. The minimum atomic E-state index is -4.69. The lowest BCUT2D eigenvalue weighted by atomic mass is 9.94. The quantitative estimate of drug-likeness (QED) is 0.729. The number of ether oxygens (including phenoxy) is 2. The molecule has 0 aromatic heterocycles. The van der Waals surface area contributed by atoms with E-state index >= 15 is 0 Å². The number of allylic oxidation sites excluding steroid dienone is 2. The molecule has 0 fully saturated rings. The lowest BCUT2D eigenvalue weighted by Crippen LogP contribution is -2.17. The highest BCUT2D eigenvalue weighted by atomic mass is 19.4. The molecule has 0 bridgehead atoms. The lowest BCUT2D eigenvalue weighted by molar-refractivity contribution is -0.274. The van der Waals surface area contributed by atoms with Gasteiger partial charge in [0.2, 0.25) is 0 Å². The molecule has 0 saturated carbocycles. The first kappa shape index (κ1) is 16.2. The van der Waals surface area contributed by atoms with Crippen LogP contribution in [0.3, 0.4) is 0 Å². The monoisotopic (exact) mass is 332 g/mol. The number of hydrogen-bond acceptors (Lipinski definition) is 2. The van der Waals surface area contributed by atoms with Crippen LogP contribution >= 0.6 is 0 Å². The van der Waals surface area contributed by atoms with Crippen molar-refractivity contribution in [3.63, 3.8) is 0 Å². The van der Waals surface area contributed by atoms with Crippen molar-refractivity contribution in [3.8, 4) is 11.5 Å². The number of benzene rings is 2. The molecule has 0 spiro atoms. The Morgan fingerprint density at radius 2 is 1.83 bits per heavy atom. The normalized spacial score (nSPS) is 14.0. The van der Waals surface area contributed by atoms with Crippen LogP contribution in [0.5, 0.6) is 11.5 Å². The van der Waals surface area contributed by atoms with Gasteiger partial charge in [0.05, 0.1) is 0 Å². The second-order valence-corrected chi connectivity index (χ2v) is 5.46. The van der Waals surface area contributed by atoms with Gasteiger partial charge in [0, 0.05) is 12.0 Å². The first-order valence-corrected chi connectivity index (χ1v) is 7.35. The summed E-state index contributed by atoms with van der Waals surface area (Å²) in [6.07, 6.45) is -2.29. The lowest BCUT2D eigenvalue weighted by Gasteiger charge is -2.22. The van der Waals surface area contributed by atoms with Gasteiger partial charge in [-0.1, -0.05) is 36.9 Å². The van der Waals surface area contributed by atoms with E-state index in [1.54, 1.807) is 18.2 Å². The molecule has 0 unspecified atom stereocenters. The van der Waals surface area contributed by atoms with E-state index in [1.165, 1.54) is 12.1 Å². The summed E-state index contributed by atoms with van der Waals surface area (Å²) in [7, 11) is 0. The maximum Gasteiger partial charge on any atom is 0.573 e. The molecule has 0 saturated heterocycles. The maximum atomic E-state index is 12.2. The van der Waals surface area contributed by atoms with Gasteiger partial charge in [-0.25, -0.2) is 0 Å². The zero-order chi connectivity index (χ0) is 17.3. The zero-order valence-electron chi connectivity index (χ0n) is 13.0. The van der Waals surface area contributed by atoms with E-state index in [4.69, 9.17) is 4.74 Å². The standard InChI is InChI=1S/C19H15F3O2/c1-3-13-4-5-15-11-17(12(2)23-18(15)10-13)14-6-8-16(9-7-14)24-19(20,21)22/h3-10H,1,11H2,2H3. The number of alkyl halides is 3. The SMILES string of the molecule is C=Cc1ccc2c(c1)OC(C)=C(c1ccc(OC(F)(F)F)cc1)C2. The van der Waals surface area contributed by atoms with Crippen molar-refractivity contribution in [2.75, 3.05) is 0 Å². The van der Waals surface area contributed by atoms with Gasteiger partial charge in [-0.05, 0) is 41.8 Å². The van der Waals surface area contributed by atoms with E-state index in [9.17, 15) is 13.2 Å². The third-order valence-corrected chi connectivity index (χ3v) is 3.82. The van der Waals surface area contributed by atoms with Crippen molar-refractivity contribution in [1.29, 1.82) is 0 Å². The predicted molar refractivity (Wildman–Crippen MR) is 86.6 cm³/mol. The minimum Gasteiger partial charge on any atom is -0.461 e. The van der Waals surface area contributed by atoms with Gasteiger partial charge in [-0.3, -0.25) is 0 Å². The summed E-state index contributed by atoms with van der Waals surface area (Å²) in [6.45, 7) is 5.58. The second-order valence-electron chi connectivity index (χ2n) is 5.46. The molecule has 0 aliphatic carbocycles. The Kier molecular flexibility index (Phi) is 4.09. The molecule has 0 N–H and O–H groups in total. The fraction of sp³-hybridized carbons (Fsp3) is 0.158. The topological polar surface area (TPSA) is 18.5 Å². The Hall–Kier alpha value is -2.69. The third-order valence-electron chi connectivity index (χ3n) is 3.82. The summed E-state index contributed by atoms with van der Waals surface area (Å²) < 4.78 is 46.5. The first-order chi connectivity index (χ1) is 11.4. The predicted octanol–water partition coefficient (Wildman–Crippen LogP) is 5.59. The van der Waals surface area contributed by atoms with Crippen LogP contribution in [0.2, 0.25) is 0 Å². The average Bonchev–Trinajstić information content (AvgIpc) is 2.53. The molecular weight excluding hydrogens is 317 g/mol. The fourth-order valence-electron chi connectivity index (χ4n) is 2.64. The Labute approximate surface area is 137 Å². The highest BCUT2D eigenvalue weighted by Gasteiger charge is 2.31. The van der Waals surface area contributed by atoms with Crippen molar-refractivity contribution < 1.29 is 22.6 Å². The van der Waals surface area contributed by atoms with Crippen LogP contribution < -0.4 is 9.47 Å². The van der Waals surface area contributed by atoms with Crippen molar-refractivity contribution in [2.45, 2.75) is 19.7 Å². The first-order valence-electron chi connectivity index (χ1n) is 7.35. The van der Waals surface area contributed by atoms with E-state index in [0.717, 1.165) is 33.8 Å². The number of halogens is 3. The smallest absolute Gasteiger partial charge is 0.461 e. The number of hydrogen-bond donors (Lipinski definition) is 0. The highest BCUT2D eigenvalue weighted by molar-refractivity contribution is 5.73. The second kappa shape index (κ2) is 6.07. The Morgan fingerprint density at radius 3 is 2.46 bits per heavy atom. The molecule has 0 amide bonds. The molecule has 124 valence electrons. The molecule has 2 aromatic carbocycles. The van der Waals surface area contributed by atoms with Gasteiger partial charge >= 0.3 is 6.36 Å². The summed E-state index contributed by atoms with van der Waals surface area (Å²) in [6, 6.07) is 11.7. The van der Waals surface area contributed by atoms with Crippen LogP contribution in [0.25, 0.3) is 11.6 Å². The van der Waals surface area contributed by atoms with Gasteiger partial charge < -0.3 is 9.47 Å². The molecule has 0 atom stereocenters. The van der Waals surface area contributed by atoms with Crippen LogP contribution in [0.15, 0.2) is 54.8 Å². The van der Waals surface area contributed by atoms with E-state index in [1.807, 2.05) is 25.1 Å². The van der Waals surface area contributed by atoms with Crippen molar-refractivity contribution in [1.82, 2.24) is 0 Å². The molecule has 2 aromatic rings. The van der Waals surface area contributed by atoms with Gasteiger partial charge in [-0.2, -0.15) is 0 Å². The third kappa shape index (κ3) is 3.45. The molecule has 5 heteroatoms. The van der Waals surface area contributed by atoms with E-state index < -0.39 is 6.36 Å². The Morgan fingerprint density at radius 1 is 1.12 bits per heavy atom. The van der Waals surface area contributed by atoms with Crippen LogP contribution in [0, 0.1) is 0 Å². The highest BCUT2D eigenvalue weighted by Crippen LogP contribution is 2.36. The maximum absolute atomic E-state index is 12.2. The molecule has 2 nitrogen and oxygen atoms in total. The van der Waals surface area contributed by atoms with Gasteiger partial charge in [0.25, 0.3) is 0 Å². The molecule has 24 heavy (non-hydrogen) atoms. The summed E-state index contributed by atoms with van der Waals surface area (Å²) in [4.78, 5) is 0. The Balaban J connectivity index is 1.86. The molecule has 1 aliphatic rings. The summed E-state index contributed by atoms with van der Waals surface area (Å²) in [5.74, 6) is 1.27. The van der Waals surface area contributed by atoms with Crippen molar-refractivity contribution in [3.05, 3.63) is 71.5 Å². The van der Waals surface area contributed by atoms with Gasteiger partial charge in [0.15, 0.2) is 0 Å². The molecule has 1 aliphatic heterocycles. The van der Waals surface area contributed by atoms with Crippen molar-refractivity contribution >= 4 is 11.6 Å². The van der Waals surface area contributed by atoms with Crippen LogP contribution in [0.1, 0.15) is 23.6 Å². The largest absolute Gasteiger partial charge is 0.573 e. The number of rotatable bonds is 3. The summed E-state index contributed by atoms with van der Waals surface area (Å²) in [5, 5.41) is 0. The average molecular weight is 332 g/mol. The summed E-state index contributed by atoms with van der Waals surface area (Å²) in [5.41, 5.74) is 3.74. The van der Waals surface area contributed by atoms with Gasteiger partial charge in [0.1, 0.15) is 17.3 Å². The van der Waals surface area contributed by atoms with Crippen molar-refractivity contribution in [2.24, 2.45) is 0 Å². The Bertz CT molecular complexity index is 802. The van der Waals surface area contributed by atoms with E-state index in [-0.39, 0.29) is 5.75 Å². The number of fused-ring (bicyclic) bond motifs is 1. The van der Waals surface area contributed by atoms with Crippen LogP contribution in [-0.2, 0) is 6.42 Å². The molecule has 1 heterocycles. The summed E-state index contributed by atoms with van der Waals surface area (Å²) >= 11 is 0. The van der Waals surface area contributed by atoms with Crippen LogP contribution in [0.4, 0.5) is 13.2 Å². The molecular formula is C19H15F3O2. The zero-order valence-corrected chi connectivity index (χ0v) is 13.0. The van der Waals surface area contributed by atoms with Gasteiger partial charge in [-0.15, -0.1) is 13.2 Å². The van der Waals surface area contributed by atoms with E-state index in [0.29, 0.717) is 6.42 Å². The van der Waals surface area contributed by atoms with E-state index in [2.05, 4.69) is 11.3 Å². The minimum absolute atomic E-state index is 0.239. The fourth-order valence-corrected chi connectivity index (χ4v) is 2.64. The molecule has 3 rings (SSSR count).